The van der Waals surface area contributed by atoms with Gasteiger partial charge in [-0.15, -0.1) is 0 Å². The molecule has 1 N–H and O–H groups in total. The first-order valence-corrected chi connectivity index (χ1v) is 13.9. The van der Waals surface area contributed by atoms with E-state index in [-0.39, 0.29) is 23.8 Å². The zero-order valence-electron chi connectivity index (χ0n) is 20.5. The van der Waals surface area contributed by atoms with E-state index < -0.39 is 27.6 Å². The quantitative estimate of drug-likeness (QED) is 0.619. The summed E-state index contributed by atoms with van der Waals surface area (Å²) in [5.41, 5.74) is 1.34. The second-order valence-electron chi connectivity index (χ2n) is 10.00. The smallest absolute Gasteiger partial charge is 0.408 e. The number of amides is 2. The van der Waals surface area contributed by atoms with Gasteiger partial charge in [-0.2, -0.15) is 0 Å². The van der Waals surface area contributed by atoms with Crippen molar-refractivity contribution < 1.29 is 22.7 Å². The first-order valence-electron chi connectivity index (χ1n) is 11.7. The molecule has 10 nitrogen and oxygen atoms in total. The molecule has 0 spiro atoms. The van der Waals surface area contributed by atoms with E-state index in [1.807, 2.05) is 17.0 Å². The summed E-state index contributed by atoms with van der Waals surface area (Å²) in [6.45, 7) is 7.05. The van der Waals surface area contributed by atoms with Gasteiger partial charge in [-0.05, 0) is 38.5 Å². The predicted octanol–water partition coefficient (Wildman–Crippen LogP) is 2.34. The molecule has 4 rings (SSSR count). The first-order chi connectivity index (χ1) is 16.9. The number of nitrogens with zero attached hydrogens (tertiary/aromatic N) is 4. The van der Waals surface area contributed by atoms with Crippen molar-refractivity contribution >= 4 is 39.3 Å². The molecule has 194 valence electrons. The molecule has 36 heavy (non-hydrogen) atoms. The van der Waals surface area contributed by atoms with Crippen LogP contribution in [0.15, 0.2) is 30.6 Å². The molecule has 1 fully saturated rings. The second kappa shape index (κ2) is 10.2. The zero-order valence-corrected chi connectivity index (χ0v) is 22.1. The molecule has 2 aromatic rings. The number of sulfone groups is 1. The molecule has 0 aliphatic carbocycles. The Bertz CT molecular complexity index is 1240. The molecule has 1 atom stereocenters. The number of alkyl carbamates (subject to hydrolysis) is 1. The number of benzene rings is 1. The standard InChI is InChI=1S/C24H30ClN5O5S/c1-24(2,3)35-23(32)28-19(12-16-4-6-17(25)7-5-16)22(31)30-10-8-29(9-11-30)21-18-13-36(33,34)14-20(18)26-15-27-21/h4-7,15,19H,8-14H2,1-3H3,(H,28,32)/t19-/m1/s1. The molecule has 3 heterocycles. The minimum Gasteiger partial charge on any atom is -0.444 e. The van der Waals surface area contributed by atoms with Crippen molar-refractivity contribution in [2.75, 3.05) is 31.1 Å². The fraction of sp³-hybridized carbons (Fsp3) is 0.500. The third-order valence-electron chi connectivity index (χ3n) is 5.97. The lowest BCUT2D eigenvalue weighted by Gasteiger charge is -2.37. The highest BCUT2D eigenvalue weighted by molar-refractivity contribution is 7.90. The normalized spacial score (nSPS) is 17.9. The fourth-order valence-corrected chi connectivity index (χ4v) is 5.96. The number of carbonyl (C=O) groups is 2. The molecule has 1 saturated heterocycles. The van der Waals surface area contributed by atoms with E-state index in [1.54, 1.807) is 37.8 Å². The number of halogens is 1. The van der Waals surface area contributed by atoms with Gasteiger partial charge in [-0.3, -0.25) is 4.79 Å². The summed E-state index contributed by atoms with van der Waals surface area (Å²) in [5.74, 6) is 0.253. The van der Waals surface area contributed by atoms with Gasteiger partial charge in [0, 0.05) is 43.2 Å². The van der Waals surface area contributed by atoms with Gasteiger partial charge in [-0.25, -0.2) is 23.2 Å². The summed E-state index contributed by atoms with van der Waals surface area (Å²) in [4.78, 5) is 38.2. The van der Waals surface area contributed by atoms with Crippen LogP contribution >= 0.6 is 11.6 Å². The molecule has 0 saturated carbocycles. The highest BCUT2D eigenvalue weighted by atomic mass is 35.5. The molecule has 1 aromatic carbocycles. The number of nitrogens with one attached hydrogen (secondary N) is 1. The molecular weight excluding hydrogens is 506 g/mol. The highest BCUT2D eigenvalue weighted by Crippen LogP contribution is 2.30. The van der Waals surface area contributed by atoms with Gasteiger partial charge in [0.15, 0.2) is 9.84 Å². The van der Waals surface area contributed by atoms with Gasteiger partial charge >= 0.3 is 6.09 Å². The first kappa shape index (κ1) is 26.2. The van der Waals surface area contributed by atoms with Gasteiger partial charge in [0.1, 0.15) is 23.8 Å². The maximum Gasteiger partial charge on any atom is 0.408 e. The number of hydrogen-bond acceptors (Lipinski definition) is 8. The predicted molar refractivity (Wildman–Crippen MR) is 135 cm³/mol. The molecule has 2 amide bonds. The lowest BCUT2D eigenvalue weighted by Crippen LogP contribution is -2.56. The number of piperazine rings is 1. The Balaban J connectivity index is 1.45. The zero-order chi connectivity index (χ0) is 26.1. The van der Waals surface area contributed by atoms with E-state index in [9.17, 15) is 18.0 Å². The molecule has 0 bridgehead atoms. The number of fused-ring (bicyclic) bond motifs is 1. The molecule has 2 aliphatic rings. The number of carbonyl (C=O) groups excluding carboxylic acids is 2. The molecule has 0 radical (unpaired) electrons. The molecular formula is C24H30ClN5O5S. The summed E-state index contributed by atoms with van der Waals surface area (Å²) >= 11 is 5.99. The van der Waals surface area contributed by atoms with Crippen LogP contribution < -0.4 is 10.2 Å². The molecule has 0 unspecified atom stereocenters. The number of anilines is 1. The summed E-state index contributed by atoms with van der Waals surface area (Å²) in [6.07, 6.45) is 1.01. The molecule has 12 heteroatoms. The van der Waals surface area contributed by atoms with Gasteiger partial charge in [0.05, 0.1) is 17.2 Å². The van der Waals surface area contributed by atoms with Crippen molar-refractivity contribution in [3.8, 4) is 0 Å². The van der Waals surface area contributed by atoms with Crippen molar-refractivity contribution in [3.05, 3.63) is 52.4 Å². The summed E-state index contributed by atoms with van der Waals surface area (Å²) < 4.78 is 29.6. The average molecular weight is 536 g/mol. The summed E-state index contributed by atoms with van der Waals surface area (Å²) in [6, 6.07) is 6.30. The molecule has 2 aliphatic heterocycles. The Labute approximate surface area is 215 Å². The minimum absolute atomic E-state index is 0.0688. The van der Waals surface area contributed by atoms with Crippen LogP contribution in [-0.4, -0.2) is 73.1 Å². The number of ether oxygens (including phenoxy) is 1. The summed E-state index contributed by atoms with van der Waals surface area (Å²) in [5, 5.41) is 3.32. The Morgan fingerprint density at radius 3 is 2.39 bits per heavy atom. The Kier molecular flexibility index (Phi) is 7.42. The van der Waals surface area contributed by atoms with Gasteiger partial charge in [-0.1, -0.05) is 23.7 Å². The van der Waals surface area contributed by atoms with E-state index in [1.165, 1.54) is 6.33 Å². The summed E-state index contributed by atoms with van der Waals surface area (Å²) in [7, 11) is -3.21. The monoisotopic (exact) mass is 535 g/mol. The SMILES string of the molecule is CC(C)(C)OC(=O)N[C@H](Cc1ccc(Cl)cc1)C(=O)N1CCN(c2ncnc3c2CS(=O)(=O)C3)CC1. The van der Waals surface area contributed by atoms with Crippen LogP contribution in [0.2, 0.25) is 5.02 Å². The fourth-order valence-electron chi connectivity index (χ4n) is 4.33. The largest absolute Gasteiger partial charge is 0.444 e. The van der Waals surface area contributed by atoms with Gasteiger partial charge in [0.2, 0.25) is 5.91 Å². The number of hydrogen-bond donors (Lipinski definition) is 1. The topological polar surface area (TPSA) is 122 Å². The third kappa shape index (κ3) is 6.44. The Hall–Kier alpha value is -2.92. The van der Waals surface area contributed by atoms with Crippen molar-refractivity contribution in [3.63, 3.8) is 0 Å². The van der Waals surface area contributed by atoms with Crippen LogP contribution in [0, 0.1) is 0 Å². The lowest BCUT2D eigenvalue weighted by molar-refractivity contribution is -0.133. The number of rotatable bonds is 5. The van der Waals surface area contributed by atoms with E-state index in [4.69, 9.17) is 16.3 Å². The highest BCUT2D eigenvalue weighted by Gasteiger charge is 2.34. The van der Waals surface area contributed by atoms with Gasteiger partial charge in [0.25, 0.3) is 0 Å². The Morgan fingerprint density at radius 1 is 1.08 bits per heavy atom. The van der Waals surface area contributed by atoms with Crippen LogP contribution in [0.25, 0.3) is 0 Å². The maximum atomic E-state index is 13.5. The van der Waals surface area contributed by atoms with E-state index >= 15 is 0 Å². The number of aromatic nitrogens is 2. The van der Waals surface area contributed by atoms with Crippen LogP contribution in [-0.2, 0) is 37.3 Å². The second-order valence-corrected chi connectivity index (χ2v) is 12.5. The van der Waals surface area contributed by atoms with Crippen LogP contribution in [0.5, 0.6) is 0 Å². The van der Waals surface area contributed by atoms with E-state index in [0.717, 1.165) is 5.56 Å². The average Bonchev–Trinajstić information content (AvgIpc) is 3.12. The van der Waals surface area contributed by atoms with Crippen LogP contribution in [0.1, 0.15) is 37.6 Å². The van der Waals surface area contributed by atoms with Crippen LogP contribution in [0.3, 0.4) is 0 Å². The van der Waals surface area contributed by atoms with E-state index in [0.29, 0.717) is 48.3 Å². The van der Waals surface area contributed by atoms with Crippen molar-refractivity contribution in [2.45, 2.75) is 50.3 Å². The van der Waals surface area contributed by atoms with Gasteiger partial charge < -0.3 is 19.9 Å². The van der Waals surface area contributed by atoms with Crippen molar-refractivity contribution in [1.29, 1.82) is 0 Å². The van der Waals surface area contributed by atoms with E-state index in [2.05, 4.69) is 15.3 Å². The van der Waals surface area contributed by atoms with Crippen LogP contribution in [0.4, 0.5) is 10.6 Å². The van der Waals surface area contributed by atoms with Crippen molar-refractivity contribution in [2.24, 2.45) is 0 Å². The minimum atomic E-state index is -3.21. The third-order valence-corrected chi connectivity index (χ3v) is 7.66. The maximum absolute atomic E-state index is 13.5. The lowest BCUT2D eigenvalue weighted by atomic mass is 10.0. The molecule has 1 aromatic heterocycles. The van der Waals surface area contributed by atoms with Crippen molar-refractivity contribution in [1.82, 2.24) is 20.2 Å². The Morgan fingerprint density at radius 2 is 1.75 bits per heavy atom.